The van der Waals surface area contributed by atoms with Crippen LogP contribution in [0.15, 0.2) is 48.5 Å². The maximum Gasteiger partial charge on any atom is 0.321 e. The van der Waals surface area contributed by atoms with Gasteiger partial charge in [0.05, 0.1) is 13.7 Å². The van der Waals surface area contributed by atoms with E-state index >= 15 is 0 Å². The topological polar surface area (TPSA) is 79.9 Å². The van der Waals surface area contributed by atoms with E-state index in [4.69, 9.17) is 9.47 Å². The molecule has 0 fully saturated rings. The van der Waals surface area contributed by atoms with Crippen molar-refractivity contribution in [2.24, 2.45) is 5.92 Å². The highest BCUT2D eigenvalue weighted by Gasteiger charge is 2.12. The van der Waals surface area contributed by atoms with Gasteiger partial charge in [0.15, 0.2) is 11.5 Å². The van der Waals surface area contributed by atoms with E-state index in [1.54, 1.807) is 7.11 Å². The second-order valence-corrected chi connectivity index (χ2v) is 7.58. The average molecular weight is 414 g/mol. The minimum Gasteiger partial charge on any atom is -0.493 e. The van der Waals surface area contributed by atoms with Gasteiger partial charge in [-0.15, -0.1) is 0 Å². The van der Waals surface area contributed by atoms with Gasteiger partial charge in [-0.1, -0.05) is 50.2 Å². The number of likely N-dealkylation sites (N-methyl/N-ethyl adjacent to an activating group) is 1. The Hall–Kier alpha value is -3.06. The van der Waals surface area contributed by atoms with Gasteiger partial charge in [0.1, 0.15) is 6.61 Å². The molecule has 0 saturated carbocycles. The van der Waals surface area contributed by atoms with Crippen molar-refractivity contribution in [3.63, 3.8) is 0 Å². The van der Waals surface area contributed by atoms with Gasteiger partial charge in [0.2, 0.25) is 5.91 Å². The predicted molar refractivity (Wildman–Crippen MR) is 116 cm³/mol. The zero-order valence-corrected chi connectivity index (χ0v) is 18.1. The van der Waals surface area contributed by atoms with Crippen molar-refractivity contribution in [3.05, 3.63) is 59.7 Å². The van der Waals surface area contributed by atoms with Crippen molar-refractivity contribution in [2.45, 2.75) is 27.0 Å². The number of methoxy groups -OCH3 is 1. The summed E-state index contributed by atoms with van der Waals surface area (Å²) < 4.78 is 11.3. The van der Waals surface area contributed by atoms with E-state index in [1.165, 1.54) is 0 Å². The fraction of sp³-hybridized carbons (Fsp3) is 0.391. The molecule has 2 rings (SSSR count). The van der Waals surface area contributed by atoms with Crippen LogP contribution in [-0.4, -0.2) is 44.1 Å². The molecule has 0 heterocycles. The summed E-state index contributed by atoms with van der Waals surface area (Å²) in [5.41, 5.74) is 2.05. The number of urea groups is 1. The molecule has 0 saturated heterocycles. The monoisotopic (exact) mass is 413 g/mol. The van der Waals surface area contributed by atoms with Crippen LogP contribution in [0, 0.1) is 5.92 Å². The standard InChI is InChI=1S/C23H31N3O4/c1-17(2)13-24-23(28)25-22(27)15-26(3)14-19-10-11-20(21(12-19)29-4)30-16-18-8-6-5-7-9-18/h5-12,17H,13-16H2,1-4H3,(H2,24,25,27,28). The molecule has 0 bridgehead atoms. The van der Waals surface area contributed by atoms with E-state index in [-0.39, 0.29) is 12.5 Å². The van der Waals surface area contributed by atoms with E-state index in [1.807, 2.05) is 74.3 Å². The smallest absolute Gasteiger partial charge is 0.321 e. The Morgan fingerprint density at radius 3 is 2.43 bits per heavy atom. The van der Waals surface area contributed by atoms with E-state index in [9.17, 15) is 9.59 Å². The van der Waals surface area contributed by atoms with Gasteiger partial charge in [-0.3, -0.25) is 15.0 Å². The van der Waals surface area contributed by atoms with Gasteiger partial charge in [-0.25, -0.2) is 4.79 Å². The molecule has 2 aromatic rings. The lowest BCUT2D eigenvalue weighted by Gasteiger charge is -2.18. The molecule has 162 valence electrons. The highest BCUT2D eigenvalue weighted by Crippen LogP contribution is 2.29. The minimum atomic E-state index is -0.469. The van der Waals surface area contributed by atoms with Crippen molar-refractivity contribution >= 4 is 11.9 Å². The van der Waals surface area contributed by atoms with Crippen molar-refractivity contribution in [1.82, 2.24) is 15.5 Å². The van der Waals surface area contributed by atoms with E-state index < -0.39 is 6.03 Å². The fourth-order valence-electron chi connectivity index (χ4n) is 2.78. The predicted octanol–water partition coefficient (Wildman–Crippen LogP) is 3.19. The molecule has 2 N–H and O–H groups in total. The van der Waals surface area contributed by atoms with Gasteiger partial charge in [-0.2, -0.15) is 0 Å². The molecule has 3 amide bonds. The van der Waals surface area contributed by atoms with Crippen LogP contribution < -0.4 is 20.1 Å². The highest BCUT2D eigenvalue weighted by atomic mass is 16.5. The number of imide groups is 1. The molecule has 7 heteroatoms. The van der Waals surface area contributed by atoms with Crippen LogP contribution in [-0.2, 0) is 17.9 Å². The van der Waals surface area contributed by atoms with Crippen LogP contribution in [0.5, 0.6) is 11.5 Å². The number of ether oxygens (including phenoxy) is 2. The summed E-state index contributed by atoms with van der Waals surface area (Å²) in [7, 11) is 3.42. The first-order chi connectivity index (χ1) is 14.4. The Morgan fingerprint density at radius 2 is 1.77 bits per heavy atom. The first-order valence-corrected chi connectivity index (χ1v) is 9.97. The number of rotatable bonds is 10. The Morgan fingerprint density at radius 1 is 1.03 bits per heavy atom. The van der Waals surface area contributed by atoms with Gasteiger partial charge in [-0.05, 0) is 36.2 Å². The number of amides is 3. The van der Waals surface area contributed by atoms with Crippen LogP contribution in [0.25, 0.3) is 0 Å². The molecule has 0 unspecified atom stereocenters. The van der Waals surface area contributed by atoms with Crippen molar-refractivity contribution in [3.8, 4) is 11.5 Å². The summed E-state index contributed by atoms with van der Waals surface area (Å²) in [6.45, 7) is 5.58. The second-order valence-electron chi connectivity index (χ2n) is 7.58. The largest absolute Gasteiger partial charge is 0.493 e. The quantitative estimate of drug-likeness (QED) is 0.625. The number of carbonyl (C=O) groups is 2. The molecule has 30 heavy (non-hydrogen) atoms. The molecule has 0 aliphatic rings. The van der Waals surface area contributed by atoms with Crippen molar-refractivity contribution in [2.75, 3.05) is 27.2 Å². The van der Waals surface area contributed by atoms with Crippen LogP contribution in [0.1, 0.15) is 25.0 Å². The lowest BCUT2D eigenvalue weighted by atomic mass is 10.2. The van der Waals surface area contributed by atoms with E-state index in [2.05, 4.69) is 10.6 Å². The number of hydrogen-bond donors (Lipinski definition) is 2. The Kier molecular flexibility index (Phi) is 9.15. The number of nitrogens with zero attached hydrogens (tertiary/aromatic N) is 1. The molecule has 0 aromatic heterocycles. The van der Waals surface area contributed by atoms with Crippen LogP contribution in [0.3, 0.4) is 0 Å². The highest BCUT2D eigenvalue weighted by molar-refractivity contribution is 5.95. The number of carbonyl (C=O) groups excluding carboxylic acids is 2. The zero-order chi connectivity index (χ0) is 21.9. The molecule has 0 radical (unpaired) electrons. The summed E-state index contributed by atoms with van der Waals surface area (Å²) in [6, 6.07) is 15.1. The lowest BCUT2D eigenvalue weighted by Crippen LogP contribution is -2.44. The third-order valence-corrected chi connectivity index (χ3v) is 4.26. The molecule has 0 aliphatic carbocycles. The van der Waals surface area contributed by atoms with Gasteiger partial charge >= 0.3 is 6.03 Å². The van der Waals surface area contributed by atoms with Gasteiger partial charge < -0.3 is 14.8 Å². The van der Waals surface area contributed by atoms with Crippen LogP contribution in [0.4, 0.5) is 4.79 Å². The van der Waals surface area contributed by atoms with E-state index in [0.717, 1.165) is 11.1 Å². The maximum atomic E-state index is 12.0. The van der Waals surface area contributed by atoms with Crippen molar-refractivity contribution in [1.29, 1.82) is 0 Å². The van der Waals surface area contributed by atoms with E-state index in [0.29, 0.717) is 37.1 Å². The Labute approximate surface area is 178 Å². The zero-order valence-electron chi connectivity index (χ0n) is 18.1. The first-order valence-electron chi connectivity index (χ1n) is 9.97. The second kappa shape index (κ2) is 11.8. The average Bonchev–Trinajstić information content (AvgIpc) is 2.71. The fourth-order valence-corrected chi connectivity index (χ4v) is 2.78. The summed E-state index contributed by atoms with van der Waals surface area (Å²) in [4.78, 5) is 25.6. The summed E-state index contributed by atoms with van der Waals surface area (Å²) in [5, 5.41) is 5.00. The van der Waals surface area contributed by atoms with Gasteiger partial charge in [0, 0.05) is 13.1 Å². The summed E-state index contributed by atoms with van der Waals surface area (Å²) >= 11 is 0. The third-order valence-electron chi connectivity index (χ3n) is 4.26. The number of hydrogen-bond acceptors (Lipinski definition) is 5. The SMILES string of the molecule is COc1cc(CN(C)CC(=O)NC(=O)NCC(C)C)ccc1OCc1ccccc1. The Bertz CT molecular complexity index is 824. The first kappa shape index (κ1) is 23.2. The van der Waals surface area contributed by atoms with Crippen LogP contribution >= 0.6 is 0 Å². The molecular formula is C23H31N3O4. The molecule has 2 aromatic carbocycles. The lowest BCUT2D eigenvalue weighted by molar-refractivity contribution is -0.120. The molecule has 0 spiro atoms. The van der Waals surface area contributed by atoms with Crippen LogP contribution in [0.2, 0.25) is 0 Å². The van der Waals surface area contributed by atoms with Crippen molar-refractivity contribution < 1.29 is 19.1 Å². The normalized spacial score (nSPS) is 10.7. The molecular weight excluding hydrogens is 382 g/mol. The third kappa shape index (κ3) is 8.13. The molecule has 0 atom stereocenters. The van der Waals surface area contributed by atoms with Gasteiger partial charge in [0.25, 0.3) is 0 Å². The number of nitrogens with one attached hydrogen (secondary N) is 2. The molecule has 7 nitrogen and oxygen atoms in total. The molecule has 0 aliphatic heterocycles. The minimum absolute atomic E-state index is 0.101. The maximum absolute atomic E-state index is 12.0. The number of benzene rings is 2. The Balaban J connectivity index is 1.86. The summed E-state index contributed by atoms with van der Waals surface area (Å²) in [6.07, 6.45) is 0. The summed E-state index contributed by atoms with van der Waals surface area (Å²) in [5.74, 6) is 1.26.